The number of carbonyl (C=O) groups is 1. The van der Waals surface area contributed by atoms with E-state index in [0.717, 1.165) is 44.3 Å². The molecular formula is C21H26N2O3S. The molecule has 6 heteroatoms. The Labute approximate surface area is 161 Å². The molecule has 2 aromatic carbocycles. The average Bonchev–Trinajstić information content (AvgIpc) is 2.96. The fourth-order valence-electron chi connectivity index (χ4n) is 3.37. The summed E-state index contributed by atoms with van der Waals surface area (Å²) in [5, 5.41) is 0. The molecule has 27 heavy (non-hydrogen) atoms. The molecule has 0 radical (unpaired) electrons. The maximum Gasteiger partial charge on any atom is 0.264 e. The number of rotatable bonds is 4. The van der Waals surface area contributed by atoms with Gasteiger partial charge in [-0.3, -0.25) is 9.10 Å². The summed E-state index contributed by atoms with van der Waals surface area (Å²) in [7, 11) is -2.24. The van der Waals surface area contributed by atoms with Crippen LogP contribution in [-0.2, 0) is 10.0 Å². The first kappa shape index (κ1) is 19.4. The van der Waals surface area contributed by atoms with E-state index in [1.165, 1.54) is 11.4 Å². The molecule has 2 aromatic rings. The van der Waals surface area contributed by atoms with Gasteiger partial charge in [0.2, 0.25) is 0 Å². The van der Waals surface area contributed by atoms with E-state index < -0.39 is 10.0 Å². The zero-order valence-electron chi connectivity index (χ0n) is 15.9. The summed E-state index contributed by atoms with van der Waals surface area (Å²) in [5.41, 5.74) is 1.83. The van der Waals surface area contributed by atoms with Crippen molar-refractivity contribution in [3.63, 3.8) is 0 Å². The van der Waals surface area contributed by atoms with Gasteiger partial charge in [-0.05, 0) is 44.0 Å². The third kappa shape index (κ3) is 4.16. The monoisotopic (exact) mass is 386 g/mol. The van der Waals surface area contributed by atoms with Gasteiger partial charge < -0.3 is 4.90 Å². The van der Waals surface area contributed by atoms with Crippen molar-refractivity contribution >= 4 is 21.6 Å². The molecule has 1 fully saturated rings. The maximum absolute atomic E-state index is 13.1. The van der Waals surface area contributed by atoms with E-state index in [4.69, 9.17) is 0 Å². The van der Waals surface area contributed by atoms with Crippen LogP contribution in [0.25, 0.3) is 0 Å². The highest BCUT2D eigenvalue weighted by Crippen LogP contribution is 2.27. The lowest BCUT2D eigenvalue weighted by molar-refractivity contribution is 0.0762. The van der Waals surface area contributed by atoms with E-state index in [-0.39, 0.29) is 10.8 Å². The Kier molecular flexibility index (Phi) is 5.85. The van der Waals surface area contributed by atoms with Crippen molar-refractivity contribution < 1.29 is 13.2 Å². The van der Waals surface area contributed by atoms with Crippen LogP contribution in [0.3, 0.4) is 0 Å². The first-order chi connectivity index (χ1) is 12.9. The number of sulfonamides is 1. The first-order valence-corrected chi connectivity index (χ1v) is 10.8. The van der Waals surface area contributed by atoms with Gasteiger partial charge in [0.1, 0.15) is 0 Å². The van der Waals surface area contributed by atoms with E-state index in [1.807, 2.05) is 11.8 Å². The highest BCUT2D eigenvalue weighted by Gasteiger charge is 2.27. The number of carbonyl (C=O) groups excluding carboxylic acids is 1. The third-order valence-corrected chi connectivity index (χ3v) is 6.83. The molecule has 1 aliphatic rings. The summed E-state index contributed by atoms with van der Waals surface area (Å²) in [4.78, 5) is 15.2. The van der Waals surface area contributed by atoms with E-state index in [9.17, 15) is 13.2 Å². The number of amides is 1. The Hall–Kier alpha value is -2.34. The summed E-state index contributed by atoms with van der Waals surface area (Å²) < 4.78 is 27.3. The third-order valence-electron chi connectivity index (χ3n) is 5.05. The number of para-hydroxylation sites is 1. The van der Waals surface area contributed by atoms with Gasteiger partial charge in [-0.25, -0.2) is 8.42 Å². The van der Waals surface area contributed by atoms with Crippen LogP contribution in [0.5, 0.6) is 0 Å². The van der Waals surface area contributed by atoms with Gasteiger partial charge in [0.05, 0.1) is 16.1 Å². The first-order valence-electron chi connectivity index (χ1n) is 9.35. The second-order valence-corrected chi connectivity index (χ2v) is 8.98. The number of hydrogen-bond acceptors (Lipinski definition) is 3. The lowest BCUT2D eigenvalue weighted by atomic mass is 10.1. The second kappa shape index (κ2) is 8.13. The fourth-order valence-corrected chi connectivity index (χ4v) is 4.59. The Morgan fingerprint density at radius 3 is 2.15 bits per heavy atom. The zero-order chi connectivity index (χ0) is 19.4. The van der Waals surface area contributed by atoms with Crippen LogP contribution in [0.1, 0.15) is 41.6 Å². The van der Waals surface area contributed by atoms with Crippen LogP contribution in [0.2, 0.25) is 0 Å². The van der Waals surface area contributed by atoms with Crippen LogP contribution in [-0.4, -0.2) is 39.4 Å². The highest BCUT2D eigenvalue weighted by atomic mass is 32.2. The molecular weight excluding hydrogens is 360 g/mol. The molecule has 144 valence electrons. The summed E-state index contributed by atoms with van der Waals surface area (Å²) in [6, 6.07) is 13.7. The number of benzene rings is 2. The Morgan fingerprint density at radius 2 is 1.52 bits per heavy atom. The van der Waals surface area contributed by atoms with Crippen molar-refractivity contribution in [2.75, 3.05) is 24.4 Å². The molecule has 0 spiro atoms. The van der Waals surface area contributed by atoms with E-state index in [0.29, 0.717) is 11.3 Å². The fraction of sp³-hybridized carbons (Fsp3) is 0.381. The van der Waals surface area contributed by atoms with Crippen LogP contribution in [0.4, 0.5) is 5.69 Å². The minimum Gasteiger partial charge on any atom is -0.339 e. The van der Waals surface area contributed by atoms with Crippen molar-refractivity contribution in [1.82, 2.24) is 4.90 Å². The van der Waals surface area contributed by atoms with Gasteiger partial charge in [-0.1, -0.05) is 42.7 Å². The molecule has 0 saturated carbocycles. The molecule has 0 atom stereocenters. The SMILES string of the molecule is Cc1ccc(S(=O)(=O)N(C)c2ccccc2C(=O)N2CCCCCC2)cc1. The number of likely N-dealkylation sites (tertiary alicyclic amines) is 1. The molecule has 0 aromatic heterocycles. The van der Waals surface area contributed by atoms with Crippen LogP contribution in [0, 0.1) is 6.92 Å². The number of nitrogens with zero attached hydrogens (tertiary/aromatic N) is 2. The highest BCUT2D eigenvalue weighted by molar-refractivity contribution is 7.92. The van der Waals surface area contributed by atoms with Crippen LogP contribution < -0.4 is 4.31 Å². The van der Waals surface area contributed by atoms with Gasteiger partial charge >= 0.3 is 0 Å². The minimum atomic E-state index is -3.74. The van der Waals surface area contributed by atoms with Crippen molar-refractivity contribution in [1.29, 1.82) is 0 Å². The van der Waals surface area contributed by atoms with Gasteiger partial charge in [-0.15, -0.1) is 0 Å². The topological polar surface area (TPSA) is 57.7 Å². The predicted molar refractivity (Wildman–Crippen MR) is 108 cm³/mol. The smallest absolute Gasteiger partial charge is 0.264 e. The largest absolute Gasteiger partial charge is 0.339 e. The zero-order valence-corrected chi connectivity index (χ0v) is 16.7. The van der Waals surface area contributed by atoms with Crippen molar-refractivity contribution in [2.24, 2.45) is 0 Å². The summed E-state index contributed by atoms with van der Waals surface area (Å²) >= 11 is 0. The van der Waals surface area contributed by atoms with E-state index >= 15 is 0 Å². The maximum atomic E-state index is 13.1. The van der Waals surface area contributed by atoms with Gasteiger partial charge in [0.25, 0.3) is 15.9 Å². The van der Waals surface area contributed by atoms with Gasteiger partial charge in [0.15, 0.2) is 0 Å². The average molecular weight is 387 g/mol. The normalized spacial score (nSPS) is 15.3. The quantitative estimate of drug-likeness (QED) is 0.802. The molecule has 1 heterocycles. The standard InChI is InChI=1S/C21H26N2O3S/c1-17-11-13-18(14-12-17)27(25,26)22(2)20-10-6-5-9-19(20)21(24)23-15-7-3-4-8-16-23/h5-6,9-14H,3-4,7-8,15-16H2,1-2H3. The van der Waals surface area contributed by atoms with E-state index in [2.05, 4.69) is 0 Å². The van der Waals surface area contributed by atoms with Crippen LogP contribution in [0.15, 0.2) is 53.4 Å². The molecule has 1 saturated heterocycles. The second-order valence-electron chi connectivity index (χ2n) is 7.01. The number of hydrogen-bond donors (Lipinski definition) is 0. The molecule has 0 aliphatic carbocycles. The molecule has 1 amide bonds. The van der Waals surface area contributed by atoms with Gasteiger partial charge in [-0.2, -0.15) is 0 Å². The lowest BCUT2D eigenvalue weighted by Crippen LogP contribution is -2.34. The summed E-state index contributed by atoms with van der Waals surface area (Å²) in [6.45, 7) is 3.36. The molecule has 1 aliphatic heterocycles. The Morgan fingerprint density at radius 1 is 0.926 bits per heavy atom. The summed E-state index contributed by atoms with van der Waals surface area (Å²) in [5.74, 6) is -0.0987. The molecule has 0 unspecified atom stereocenters. The Balaban J connectivity index is 1.95. The van der Waals surface area contributed by atoms with Crippen molar-refractivity contribution in [3.8, 4) is 0 Å². The molecule has 0 N–H and O–H groups in total. The van der Waals surface area contributed by atoms with E-state index in [1.54, 1.807) is 48.5 Å². The molecule has 3 rings (SSSR count). The van der Waals surface area contributed by atoms with Crippen molar-refractivity contribution in [3.05, 3.63) is 59.7 Å². The number of aryl methyl sites for hydroxylation is 1. The predicted octanol–water partition coefficient (Wildman–Crippen LogP) is 3.84. The summed E-state index contributed by atoms with van der Waals surface area (Å²) in [6.07, 6.45) is 4.25. The lowest BCUT2D eigenvalue weighted by Gasteiger charge is -2.25. The van der Waals surface area contributed by atoms with Gasteiger partial charge in [0, 0.05) is 20.1 Å². The molecule has 0 bridgehead atoms. The minimum absolute atomic E-state index is 0.0987. The number of anilines is 1. The van der Waals surface area contributed by atoms with Crippen LogP contribution >= 0.6 is 0 Å². The Bertz CT molecular complexity index is 899. The van der Waals surface area contributed by atoms with Crippen molar-refractivity contribution in [2.45, 2.75) is 37.5 Å². The molecule has 5 nitrogen and oxygen atoms in total.